The molecule has 2 atom stereocenters. The Balaban J connectivity index is 0.00000408. The summed E-state index contributed by atoms with van der Waals surface area (Å²) in [6.45, 7) is 4.41. The van der Waals surface area contributed by atoms with Crippen LogP contribution in [0.15, 0.2) is 27.6 Å². The number of rotatable bonds is 7. The molecule has 0 aromatic carbocycles. The number of hydrogen-bond acceptors (Lipinski definition) is 12. The highest BCUT2D eigenvalue weighted by molar-refractivity contribution is 8.00. The minimum atomic E-state index is -0.927. The van der Waals surface area contributed by atoms with Gasteiger partial charge in [-0.2, -0.15) is 4.98 Å². The minimum absolute atomic E-state index is 0. The van der Waals surface area contributed by atoms with E-state index in [0.717, 1.165) is 6.26 Å². The largest absolute Gasteiger partial charge is 0.432 e. The molecule has 0 saturated carbocycles. The number of aromatic nitrogens is 1. The molecule has 1 fully saturated rings. The Labute approximate surface area is 204 Å². The third kappa shape index (κ3) is 5.62. The molecule has 13 nitrogen and oxygen atoms in total. The standard InChI is InChI=1S/C19H23N5O8S.ClH/c1-19(2,3)17(28)32-8-31-16(27)10-5-6-33-15-12(14(26)24(10)15)22-13(25)11(23-29-4)9-7-30-18(20)21-9;/h5,7,12,15H,6,8H2,1-4H3,(H2,20,21)(H,22,25);1H/b23-11-;/t12-,15-;/m1./s1. The quantitative estimate of drug-likeness (QED) is 0.168. The van der Waals surface area contributed by atoms with Crippen molar-refractivity contribution in [2.24, 2.45) is 10.6 Å². The van der Waals surface area contributed by atoms with Gasteiger partial charge in [0, 0.05) is 5.75 Å². The normalized spacial score (nSPS) is 19.6. The molecule has 2 amide bonds. The molecule has 0 bridgehead atoms. The first kappa shape index (κ1) is 27.0. The topological polar surface area (TPSA) is 176 Å². The number of nitrogens with zero attached hydrogens (tertiary/aromatic N) is 3. The zero-order valence-electron chi connectivity index (χ0n) is 18.7. The van der Waals surface area contributed by atoms with Crippen LogP contribution < -0.4 is 11.1 Å². The van der Waals surface area contributed by atoms with Gasteiger partial charge in [-0.1, -0.05) is 5.16 Å². The molecule has 1 aromatic heterocycles. The molecule has 1 saturated heterocycles. The Bertz CT molecular complexity index is 1030. The SMILES string of the molecule is CO/N=C(\C(=O)N[C@@H]1C(=O)N2C(C(=O)OCOC(=O)C(C)(C)C)=CCS[C@H]12)c1coc(N)n1.Cl. The zero-order chi connectivity index (χ0) is 24.3. The second kappa shape index (κ2) is 10.8. The van der Waals surface area contributed by atoms with Gasteiger partial charge in [0.1, 0.15) is 36.2 Å². The molecule has 0 radical (unpaired) electrons. The van der Waals surface area contributed by atoms with Crippen LogP contribution in [0.25, 0.3) is 0 Å². The number of anilines is 1. The average molecular weight is 518 g/mol. The van der Waals surface area contributed by atoms with Crippen molar-refractivity contribution in [3.8, 4) is 0 Å². The lowest BCUT2D eigenvalue weighted by molar-refractivity contribution is -0.173. The Kier molecular flexibility index (Phi) is 8.56. The second-order valence-corrected chi connectivity index (χ2v) is 9.05. The average Bonchev–Trinajstić information content (AvgIpc) is 3.19. The summed E-state index contributed by atoms with van der Waals surface area (Å²) in [6.07, 6.45) is 2.65. The number of amides is 2. The van der Waals surface area contributed by atoms with Crippen molar-refractivity contribution in [3.63, 3.8) is 0 Å². The highest BCUT2D eigenvalue weighted by Crippen LogP contribution is 2.37. The number of carbonyl (C=O) groups excluding carboxylic acids is 4. The van der Waals surface area contributed by atoms with Crippen LogP contribution in [0.3, 0.4) is 0 Å². The summed E-state index contributed by atoms with van der Waals surface area (Å²) in [5.74, 6) is -2.22. The molecule has 186 valence electrons. The molecule has 2 aliphatic rings. The van der Waals surface area contributed by atoms with Crippen molar-refractivity contribution < 1.29 is 37.9 Å². The number of halogens is 1. The predicted molar refractivity (Wildman–Crippen MR) is 121 cm³/mol. The van der Waals surface area contributed by atoms with Crippen molar-refractivity contribution in [2.45, 2.75) is 32.2 Å². The van der Waals surface area contributed by atoms with Gasteiger partial charge in [0.25, 0.3) is 17.8 Å². The van der Waals surface area contributed by atoms with E-state index in [2.05, 4.69) is 20.3 Å². The highest BCUT2D eigenvalue weighted by atomic mass is 35.5. The van der Waals surface area contributed by atoms with Gasteiger partial charge in [0.2, 0.25) is 6.79 Å². The van der Waals surface area contributed by atoms with E-state index in [9.17, 15) is 19.2 Å². The monoisotopic (exact) mass is 517 g/mol. The van der Waals surface area contributed by atoms with E-state index in [1.165, 1.54) is 29.8 Å². The number of nitrogen functional groups attached to an aromatic ring is 1. The first-order valence-electron chi connectivity index (χ1n) is 9.67. The maximum atomic E-state index is 12.7. The molecule has 15 heteroatoms. The summed E-state index contributed by atoms with van der Waals surface area (Å²) >= 11 is 1.34. The first-order valence-corrected chi connectivity index (χ1v) is 10.7. The lowest BCUT2D eigenvalue weighted by atomic mass is 9.98. The number of esters is 2. The maximum absolute atomic E-state index is 12.7. The summed E-state index contributed by atoms with van der Waals surface area (Å²) in [6, 6.07) is -1.10. The Hall–Kier alpha value is -3.26. The van der Waals surface area contributed by atoms with Gasteiger partial charge < -0.3 is 29.8 Å². The van der Waals surface area contributed by atoms with Crippen molar-refractivity contribution in [1.29, 1.82) is 0 Å². The number of carbonyl (C=O) groups is 4. The van der Waals surface area contributed by atoms with Crippen molar-refractivity contribution in [3.05, 3.63) is 23.7 Å². The van der Waals surface area contributed by atoms with Crippen molar-refractivity contribution >= 4 is 59.6 Å². The molecule has 2 aliphatic heterocycles. The Morgan fingerprint density at radius 3 is 2.65 bits per heavy atom. The summed E-state index contributed by atoms with van der Waals surface area (Å²) < 4.78 is 14.8. The van der Waals surface area contributed by atoms with Crippen LogP contribution in [0.5, 0.6) is 0 Å². The molecule has 3 rings (SSSR count). The van der Waals surface area contributed by atoms with Crippen LogP contribution in [0.4, 0.5) is 6.01 Å². The van der Waals surface area contributed by atoms with E-state index < -0.39 is 47.4 Å². The fourth-order valence-electron chi connectivity index (χ4n) is 2.86. The predicted octanol–water partition coefficient (Wildman–Crippen LogP) is 0.403. The smallest absolute Gasteiger partial charge is 0.357 e. The molecule has 3 heterocycles. The number of fused-ring (bicyclic) bond motifs is 1. The van der Waals surface area contributed by atoms with Gasteiger partial charge in [0.05, 0.1) is 5.41 Å². The second-order valence-electron chi connectivity index (χ2n) is 7.90. The number of nitrogens with one attached hydrogen (secondary N) is 1. The molecular weight excluding hydrogens is 494 g/mol. The van der Waals surface area contributed by atoms with Gasteiger partial charge >= 0.3 is 11.9 Å². The van der Waals surface area contributed by atoms with E-state index in [0.29, 0.717) is 5.75 Å². The number of β-lactam (4-membered cyclic amide) rings is 1. The molecule has 0 spiro atoms. The van der Waals surface area contributed by atoms with Gasteiger partial charge in [0.15, 0.2) is 5.71 Å². The Morgan fingerprint density at radius 2 is 2.06 bits per heavy atom. The van der Waals surface area contributed by atoms with Crippen LogP contribution in [-0.4, -0.2) is 70.4 Å². The van der Waals surface area contributed by atoms with Crippen LogP contribution in [-0.2, 0) is 33.5 Å². The summed E-state index contributed by atoms with van der Waals surface area (Å²) in [5, 5.41) is 5.64. The van der Waals surface area contributed by atoms with E-state index in [4.69, 9.17) is 19.6 Å². The van der Waals surface area contributed by atoms with E-state index in [1.807, 2.05) is 0 Å². The highest BCUT2D eigenvalue weighted by Gasteiger charge is 2.53. The maximum Gasteiger partial charge on any atom is 0.357 e. The molecule has 1 aromatic rings. The molecular formula is C19H24ClN5O8S. The molecule has 3 N–H and O–H groups in total. The lowest BCUT2D eigenvalue weighted by Crippen LogP contribution is -2.70. The molecule has 34 heavy (non-hydrogen) atoms. The van der Waals surface area contributed by atoms with E-state index >= 15 is 0 Å². The van der Waals surface area contributed by atoms with Gasteiger partial charge in [-0.15, -0.1) is 24.2 Å². The minimum Gasteiger partial charge on any atom is -0.432 e. The van der Waals surface area contributed by atoms with E-state index in [-0.39, 0.29) is 35.5 Å². The lowest BCUT2D eigenvalue weighted by Gasteiger charge is -2.48. The summed E-state index contributed by atoms with van der Waals surface area (Å²) in [5.41, 5.74) is 4.48. The number of ether oxygens (including phenoxy) is 2. The van der Waals surface area contributed by atoms with Crippen molar-refractivity contribution in [2.75, 3.05) is 25.4 Å². The van der Waals surface area contributed by atoms with Gasteiger partial charge in [-0.3, -0.25) is 19.3 Å². The third-order valence-corrected chi connectivity index (χ3v) is 5.68. The number of hydrogen-bond donors (Lipinski definition) is 2. The van der Waals surface area contributed by atoms with Gasteiger partial charge in [-0.05, 0) is 26.8 Å². The Morgan fingerprint density at radius 1 is 1.35 bits per heavy atom. The van der Waals surface area contributed by atoms with Crippen LogP contribution in [0, 0.1) is 5.41 Å². The molecule has 0 unspecified atom stereocenters. The number of thioether (sulfide) groups is 1. The van der Waals surface area contributed by atoms with Crippen LogP contribution in [0.2, 0.25) is 0 Å². The van der Waals surface area contributed by atoms with Gasteiger partial charge in [-0.25, -0.2) is 4.79 Å². The number of oxazole rings is 1. The first-order chi connectivity index (χ1) is 15.5. The number of nitrogens with two attached hydrogens (primary N) is 1. The van der Waals surface area contributed by atoms with Crippen LogP contribution >= 0.6 is 24.2 Å². The van der Waals surface area contributed by atoms with E-state index in [1.54, 1.807) is 20.8 Å². The molecule has 0 aliphatic carbocycles. The number of oxime groups is 1. The van der Waals surface area contributed by atoms with Crippen molar-refractivity contribution in [1.82, 2.24) is 15.2 Å². The third-order valence-electron chi connectivity index (χ3n) is 4.50. The summed E-state index contributed by atoms with van der Waals surface area (Å²) in [7, 11) is 1.24. The fraction of sp³-hybridized carbons (Fsp3) is 0.474. The summed E-state index contributed by atoms with van der Waals surface area (Å²) in [4.78, 5) is 59.3. The fourth-order valence-corrected chi connectivity index (χ4v) is 4.05. The van der Waals surface area contributed by atoms with Crippen LogP contribution in [0.1, 0.15) is 26.5 Å². The zero-order valence-corrected chi connectivity index (χ0v) is 20.4.